The Kier molecular flexibility index (Phi) is 4.10. The summed E-state index contributed by atoms with van der Waals surface area (Å²) in [5.74, 6) is -0.148. The van der Waals surface area contributed by atoms with E-state index in [1.807, 2.05) is 42.5 Å². The van der Waals surface area contributed by atoms with Gasteiger partial charge in [-0.1, -0.05) is 54.6 Å². The van der Waals surface area contributed by atoms with Crippen molar-refractivity contribution in [3.8, 4) is 11.1 Å². The number of amides is 1. The largest absolute Gasteiger partial charge is 0.277 e. The lowest BCUT2D eigenvalue weighted by molar-refractivity contribution is -0.130. The van der Waals surface area contributed by atoms with Crippen LogP contribution in [0.4, 0.5) is 0 Å². The summed E-state index contributed by atoms with van der Waals surface area (Å²) < 4.78 is 0. The third-order valence-electron chi connectivity index (χ3n) is 2.64. The van der Waals surface area contributed by atoms with Crippen molar-refractivity contribution in [3.63, 3.8) is 0 Å². The van der Waals surface area contributed by atoms with E-state index in [9.17, 15) is 4.79 Å². The number of hydrogen-bond donors (Lipinski definition) is 1. The summed E-state index contributed by atoms with van der Waals surface area (Å²) in [6.07, 6.45) is 0.322. The maximum Gasteiger partial charge on any atom is 0.247 e. The van der Waals surface area contributed by atoms with E-state index in [-0.39, 0.29) is 5.91 Å². The van der Waals surface area contributed by atoms with Gasteiger partial charge in [-0.2, -0.15) is 0 Å². The molecule has 2 aromatic rings. The van der Waals surface area contributed by atoms with Crippen molar-refractivity contribution in [2.24, 2.45) is 0 Å². The molecule has 0 saturated heterocycles. The zero-order valence-corrected chi connectivity index (χ0v) is 10.2. The van der Waals surface area contributed by atoms with E-state index in [1.54, 1.807) is 0 Å². The van der Waals surface area contributed by atoms with Gasteiger partial charge in [0.15, 0.2) is 0 Å². The Hall–Kier alpha value is -2.13. The average molecular weight is 241 g/mol. The van der Waals surface area contributed by atoms with Crippen LogP contribution in [0.25, 0.3) is 11.1 Å². The molecule has 0 bridgehead atoms. The molecule has 92 valence electrons. The molecule has 0 aliphatic rings. The van der Waals surface area contributed by atoms with Crippen LogP contribution in [0, 0.1) is 0 Å². The topological polar surface area (TPSA) is 38.3 Å². The van der Waals surface area contributed by atoms with Crippen LogP contribution < -0.4 is 5.48 Å². The van der Waals surface area contributed by atoms with Crippen LogP contribution in [0.15, 0.2) is 54.6 Å². The van der Waals surface area contributed by atoms with E-state index in [0.29, 0.717) is 6.42 Å². The first-order chi connectivity index (χ1) is 8.79. The molecule has 0 aliphatic carbocycles. The van der Waals surface area contributed by atoms with Crippen LogP contribution in [0.2, 0.25) is 0 Å². The van der Waals surface area contributed by atoms with Gasteiger partial charge in [-0.25, -0.2) is 5.48 Å². The summed E-state index contributed by atoms with van der Waals surface area (Å²) in [6, 6.07) is 18.1. The minimum absolute atomic E-state index is 0.148. The van der Waals surface area contributed by atoms with E-state index < -0.39 is 0 Å². The lowest BCUT2D eigenvalue weighted by Gasteiger charge is -2.04. The van der Waals surface area contributed by atoms with Crippen molar-refractivity contribution in [2.45, 2.75) is 6.42 Å². The fourth-order valence-electron chi connectivity index (χ4n) is 1.78. The van der Waals surface area contributed by atoms with Crippen molar-refractivity contribution >= 4 is 5.91 Å². The van der Waals surface area contributed by atoms with Crippen molar-refractivity contribution < 1.29 is 9.63 Å². The number of hydrogen-bond acceptors (Lipinski definition) is 2. The highest BCUT2D eigenvalue weighted by Gasteiger charge is 2.03. The van der Waals surface area contributed by atoms with Crippen LogP contribution in [0.1, 0.15) is 5.56 Å². The Morgan fingerprint density at radius 2 is 1.61 bits per heavy atom. The Bertz CT molecular complexity index is 506. The molecule has 0 radical (unpaired) electrons. The van der Waals surface area contributed by atoms with Crippen LogP contribution in [0.5, 0.6) is 0 Å². The number of hydroxylamine groups is 1. The highest BCUT2D eigenvalue weighted by molar-refractivity contribution is 5.77. The highest BCUT2D eigenvalue weighted by Crippen LogP contribution is 2.19. The second-order valence-electron chi connectivity index (χ2n) is 3.97. The standard InChI is InChI=1S/C15H15NO2/c1-18-16-15(17)11-12-7-9-14(10-8-12)13-5-3-2-4-6-13/h2-10H,11H2,1H3,(H,16,17). The van der Waals surface area contributed by atoms with E-state index in [1.165, 1.54) is 12.7 Å². The average Bonchev–Trinajstić information content (AvgIpc) is 2.41. The van der Waals surface area contributed by atoms with E-state index >= 15 is 0 Å². The molecule has 0 heterocycles. The van der Waals surface area contributed by atoms with Crippen LogP contribution >= 0.6 is 0 Å². The predicted molar refractivity (Wildman–Crippen MR) is 70.7 cm³/mol. The van der Waals surface area contributed by atoms with Crippen LogP contribution in [-0.4, -0.2) is 13.0 Å². The number of carbonyl (C=O) groups excluding carboxylic acids is 1. The summed E-state index contributed by atoms with van der Waals surface area (Å²) >= 11 is 0. The number of carbonyl (C=O) groups is 1. The molecule has 0 fully saturated rings. The first-order valence-corrected chi connectivity index (χ1v) is 5.76. The second kappa shape index (κ2) is 5.98. The third kappa shape index (κ3) is 3.18. The van der Waals surface area contributed by atoms with Gasteiger partial charge in [-0.3, -0.25) is 9.63 Å². The third-order valence-corrected chi connectivity index (χ3v) is 2.64. The molecular formula is C15H15NO2. The molecule has 3 nitrogen and oxygen atoms in total. The zero-order valence-electron chi connectivity index (χ0n) is 10.2. The number of nitrogens with one attached hydrogen (secondary N) is 1. The summed E-state index contributed by atoms with van der Waals surface area (Å²) in [5.41, 5.74) is 5.58. The molecule has 3 heteroatoms. The maximum absolute atomic E-state index is 11.3. The summed E-state index contributed by atoms with van der Waals surface area (Å²) in [7, 11) is 1.43. The van der Waals surface area contributed by atoms with Gasteiger partial charge in [0.05, 0.1) is 13.5 Å². The van der Waals surface area contributed by atoms with Crippen LogP contribution in [0.3, 0.4) is 0 Å². The molecule has 0 aliphatic heterocycles. The Morgan fingerprint density at radius 1 is 1.00 bits per heavy atom. The summed E-state index contributed by atoms with van der Waals surface area (Å²) in [5, 5.41) is 0. The smallest absolute Gasteiger partial charge is 0.247 e. The first kappa shape index (κ1) is 12.3. The normalized spacial score (nSPS) is 10.1. The fourth-order valence-corrected chi connectivity index (χ4v) is 1.78. The van der Waals surface area contributed by atoms with Crippen molar-refractivity contribution in [1.82, 2.24) is 5.48 Å². The molecule has 0 atom stereocenters. The van der Waals surface area contributed by atoms with Crippen LogP contribution in [-0.2, 0) is 16.1 Å². The van der Waals surface area contributed by atoms with Gasteiger partial charge < -0.3 is 0 Å². The quantitative estimate of drug-likeness (QED) is 0.835. The zero-order chi connectivity index (χ0) is 12.8. The molecule has 1 amide bonds. The summed E-state index contributed by atoms with van der Waals surface area (Å²) in [4.78, 5) is 15.9. The SMILES string of the molecule is CONC(=O)Cc1ccc(-c2ccccc2)cc1. The van der Waals surface area contributed by atoms with Gasteiger partial charge >= 0.3 is 0 Å². The van der Waals surface area contributed by atoms with E-state index in [2.05, 4.69) is 22.5 Å². The van der Waals surface area contributed by atoms with Gasteiger partial charge in [0.1, 0.15) is 0 Å². The van der Waals surface area contributed by atoms with Crippen molar-refractivity contribution in [2.75, 3.05) is 7.11 Å². The molecule has 0 unspecified atom stereocenters. The van der Waals surface area contributed by atoms with Gasteiger partial charge in [-0.15, -0.1) is 0 Å². The predicted octanol–water partition coefficient (Wildman–Crippen LogP) is 2.57. The minimum Gasteiger partial charge on any atom is -0.277 e. The second-order valence-corrected chi connectivity index (χ2v) is 3.97. The molecular weight excluding hydrogens is 226 g/mol. The highest BCUT2D eigenvalue weighted by atomic mass is 16.6. The Morgan fingerprint density at radius 3 is 2.22 bits per heavy atom. The molecule has 18 heavy (non-hydrogen) atoms. The lowest BCUT2D eigenvalue weighted by Crippen LogP contribution is -2.23. The van der Waals surface area contributed by atoms with Gasteiger partial charge in [-0.05, 0) is 16.7 Å². The van der Waals surface area contributed by atoms with E-state index in [0.717, 1.165) is 11.1 Å². The lowest BCUT2D eigenvalue weighted by atomic mass is 10.0. The maximum atomic E-state index is 11.3. The van der Waals surface area contributed by atoms with E-state index in [4.69, 9.17) is 0 Å². The molecule has 0 aromatic heterocycles. The number of benzene rings is 2. The fraction of sp³-hybridized carbons (Fsp3) is 0.133. The van der Waals surface area contributed by atoms with Crippen molar-refractivity contribution in [1.29, 1.82) is 0 Å². The van der Waals surface area contributed by atoms with Crippen molar-refractivity contribution in [3.05, 3.63) is 60.2 Å². The summed E-state index contributed by atoms with van der Waals surface area (Å²) in [6.45, 7) is 0. The van der Waals surface area contributed by atoms with Gasteiger partial charge in [0, 0.05) is 0 Å². The number of rotatable bonds is 4. The molecule has 1 N–H and O–H groups in total. The minimum atomic E-state index is -0.148. The Labute approximate surface area is 106 Å². The monoisotopic (exact) mass is 241 g/mol. The first-order valence-electron chi connectivity index (χ1n) is 5.76. The molecule has 0 saturated carbocycles. The molecule has 2 aromatic carbocycles. The van der Waals surface area contributed by atoms with Gasteiger partial charge in [0.25, 0.3) is 0 Å². The Balaban J connectivity index is 2.09. The van der Waals surface area contributed by atoms with Gasteiger partial charge in [0.2, 0.25) is 5.91 Å². The molecule has 2 rings (SSSR count). The molecule has 0 spiro atoms.